The molecular weight excluding hydrogens is 624 g/mol. The molecular formula is C33H21F6N7O. The molecule has 0 radical (unpaired) electrons. The van der Waals surface area contributed by atoms with Crippen molar-refractivity contribution in [2.24, 2.45) is 5.73 Å². The fraction of sp³-hybridized carbons (Fsp3) is 0.0909. The molecule has 0 fully saturated rings. The number of carbonyl (C=O) groups is 1. The van der Waals surface area contributed by atoms with E-state index in [9.17, 15) is 31.1 Å². The van der Waals surface area contributed by atoms with Crippen LogP contribution < -0.4 is 5.73 Å². The van der Waals surface area contributed by atoms with Crippen LogP contribution >= 0.6 is 0 Å². The zero-order valence-corrected chi connectivity index (χ0v) is 23.9. The predicted molar refractivity (Wildman–Crippen MR) is 162 cm³/mol. The molecule has 236 valence electrons. The Morgan fingerprint density at radius 2 is 1.26 bits per heavy atom. The smallest absolute Gasteiger partial charge is 0.366 e. The number of nitrogens with zero attached hydrogens (tertiary/aromatic N) is 4. The Balaban J connectivity index is 1.55. The SMILES string of the molecule is NC(=O)c1ccc(Cn2c(-c3cc(C(F)(F)F)cc(C(F)(F)F)c3)nc(-c3ccc4nc[nH]c4c3)c2-c2ccc3nc[nH]c3c2)cc1. The second kappa shape index (κ2) is 10.9. The molecule has 0 aliphatic carbocycles. The summed E-state index contributed by atoms with van der Waals surface area (Å²) < 4.78 is 85.6. The van der Waals surface area contributed by atoms with Gasteiger partial charge in [-0.15, -0.1) is 0 Å². The number of carbonyl (C=O) groups excluding carboxylic acids is 1. The van der Waals surface area contributed by atoms with Crippen molar-refractivity contribution in [1.29, 1.82) is 0 Å². The Morgan fingerprint density at radius 3 is 1.81 bits per heavy atom. The van der Waals surface area contributed by atoms with Gasteiger partial charge in [0.05, 0.1) is 57.2 Å². The summed E-state index contributed by atoms with van der Waals surface area (Å²) in [5.41, 5.74) is 7.29. The van der Waals surface area contributed by atoms with Crippen LogP contribution in [-0.2, 0) is 18.9 Å². The molecule has 14 heteroatoms. The zero-order chi connectivity index (χ0) is 33.1. The molecule has 0 spiro atoms. The van der Waals surface area contributed by atoms with Crippen LogP contribution in [0, 0.1) is 0 Å². The molecule has 0 aliphatic rings. The molecule has 0 saturated heterocycles. The Morgan fingerprint density at radius 1 is 0.702 bits per heavy atom. The van der Waals surface area contributed by atoms with E-state index in [2.05, 4.69) is 19.9 Å². The lowest BCUT2D eigenvalue weighted by atomic mass is 10.0. The summed E-state index contributed by atoms with van der Waals surface area (Å²) in [5.74, 6) is -0.798. The maximum absolute atomic E-state index is 14.0. The first-order chi connectivity index (χ1) is 22.3. The highest BCUT2D eigenvalue weighted by Crippen LogP contribution is 2.42. The largest absolute Gasteiger partial charge is 0.416 e. The van der Waals surface area contributed by atoms with Gasteiger partial charge in [-0.25, -0.2) is 15.0 Å². The molecule has 0 bridgehead atoms. The normalized spacial score (nSPS) is 12.3. The topological polar surface area (TPSA) is 118 Å². The lowest BCUT2D eigenvalue weighted by Gasteiger charge is -2.17. The Hall–Kier alpha value is -5.92. The molecule has 0 saturated carbocycles. The van der Waals surface area contributed by atoms with Crippen LogP contribution in [0.25, 0.3) is 56.0 Å². The number of nitrogens with one attached hydrogen (secondary N) is 2. The van der Waals surface area contributed by atoms with E-state index in [1.807, 2.05) is 0 Å². The molecule has 0 unspecified atom stereocenters. The molecule has 3 aromatic heterocycles. The van der Waals surface area contributed by atoms with E-state index in [1.54, 1.807) is 53.1 Å². The molecule has 4 aromatic carbocycles. The summed E-state index contributed by atoms with van der Waals surface area (Å²) in [6.45, 7) is -0.0401. The van der Waals surface area contributed by atoms with Crippen molar-refractivity contribution in [3.63, 3.8) is 0 Å². The standard InChI is InChI=1S/C33H21F6N7O/c34-32(35,36)22-9-21(10-23(13-22)33(37,38)39)31-45-28(19-5-7-24-26(11-19)43-15-41-24)29(20-6-8-25-27(12-20)44-16-42-25)46(31)14-17-1-3-18(4-2-17)30(40)47/h1-13,15-16H,14H2,(H2,40,47)(H,41,43)(H,42,44). The van der Waals surface area contributed by atoms with Gasteiger partial charge in [0, 0.05) is 28.8 Å². The Bertz CT molecular complexity index is 2260. The molecule has 7 rings (SSSR count). The number of primary amides is 1. The van der Waals surface area contributed by atoms with Crippen LogP contribution in [-0.4, -0.2) is 35.4 Å². The Labute approximate surface area is 260 Å². The second-order valence-electron chi connectivity index (χ2n) is 10.8. The van der Waals surface area contributed by atoms with E-state index in [4.69, 9.17) is 10.7 Å². The van der Waals surface area contributed by atoms with Crippen LogP contribution in [0.2, 0.25) is 0 Å². The average Bonchev–Trinajstić information content (AvgIpc) is 3.78. The number of hydrogen-bond acceptors (Lipinski definition) is 4. The average molecular weight is 646 g/mol. The fourth-order valence-corrected chi connectivity index (χ4v) is 5.53. The number of fused-ring (bicyclic) bond motifs is 2. The van der Waals surface area contributed by atoms with Gasteiger partial charge >= 0.3 is 12.4 Å². The molecule has 8 nitrogen and oxygen atoms in total. The third-order valence-corrected chi connectivity index (χ3v) is 7.78. The minimum Gasteiger partial charge on any atom is -0.366 e. The van der Waals surface area contributed by atoms with E-state index in [1.165, 1.54) is 24.8 Å². The number of aromatic amines is 2. The minimum atomic E-state index is -5.07. The highest BCUT2D eigenvalue weighted by molar-refractivity contribution is 5.93. The molecule has 47 heavy (non-hydrogen) atoms. The first kappa shape index (κ1) is 29.8. The maximum Gasteiger partial charge on any atom is 0.416 e. The van der Waals surface area contributed by atoms with E-state index in [0.29, 0.717) is 62.3 Å². The number of H-pyrrole nitrogens is 2. The van der Waals surface area contributed by atoms with Crippen LogP contribution in [0.4, 0.5) is 26.3 Å². The summed E-state index contributed by atoms with van der Waals surface area (Å²) in [6, 6.07) is 18.1. The van der Waals surface area contributed by atoms with Crippen molar-refractivity contribution >= 4 is 28.0 Å². The van der Waals surface area contributed by atoms with Crippen molar-refractivity contribution in [3.8, 4) is 33.9 Å². The number of halogens is 6. The van der Waals surface area contributed by atoms with Crippen LogP contribution in [0.15, 0.2) is 91.5 Å². The minimum absolute atomic E-state index is 0.0401. The van der Waals surface area contributed by atoms with Gasteiger partial charge in [-0.1, -0.05) is 24.3 Å². The van der Waals surface area contributed by atoms with Gasteiger partial charge in [0.1, 0.15) is 5.82 Å². The number of nitrogens with two attached hydrogens (primary N) is 1. The molecule has 0 atom stereocenters. The van der Waals surface area contributed by atoms with Gasteiger partial charge in [-0.2, -0.15) is 26.3 Å². The number of imidazole rings is 3. The van der Waals surface area contributed by atoms with E-state index < -0.39 is 35.0 Å². The second-order valence-corrected chi connectivity index (χ2v) is 10.8. The molecule has 4 N–H and O–H groups in total. The van der Waals surface area contributed by atoms with Gasteiger partial charge in [-0.05, 0) is 60.2 Å². The van der Waals surface area contributed by atoms with Gasteiger partial charge < -0.3 is 20.3 Å². The highest BCUT2D eigenvalue weighted by Gasteiger charge is 2.38. The third-order valence-electron chi connectivity index (χ3n) is 7.78. The van der Waals surface area contributed by atoms with Crippen LogP contribution in [0.3, 0.4) is 0 Å². The Kier molecular flexibility index (Phi) is 6.88. The summed E-state index contributed by atoms with van der Waals surface area (Å²) in [5, 5.41) is 0. The summed E-state index contributed by atoms with van der Waals surface area (Å²) >= 11 is 0. The number of aromatic nitrogens is 6. The first-order valence-electron chi connectivity index (χ1n) is 14.0. The van der Waals surface area contributed by atoms with Crippen molar-refractivity contribution in [3.05, 3.63) is 114 Å². The van der Waals surface area contributed by atoms with Crippen molar-refractivity contribution in [1.82, 2.24) is 29.5 Å². The lowest BCUT2D eigenvalue weighted by Crippen LogP contribution is -2.12. The van der Waals surface area contributed by atoms with Gasteiger partial charge in [0.15, 0.2) is 0 Å². The van der Waals surface area contributed by atoms with Gasteiger partial charge in [-0.3, -0.25) is 4.79 Å². The zero-order valence-electron chi connectivity index (χ0n) is 23.9. The van der Waals surface area contributed by atoms with E-state index in [-0.39, 0.29) is 24.0 Å². The van der Waals surface area contributed by atoms with Crippen LogP contribution in [0.1, 0.15) is 27.0 Å². The predicted octanol–water partition coefficient (Wildman–Crippen LogP) is 7.82. The highest BCUT2D eigenvalue weighted by atomic mass is 19.4. The van der Waals surface area contributed by atoms with Crippen molar-refractivity contribution in [2.45, 2.75) is 18.9 Å². The number of amides is 1. The molecule has 0 aliphatic heterocycles. The summed E-state index contributed by atoms with van der Waals surface area (Å²) in [6.07, 6.45) is -7.13. The number of hydrogen-bond donors (Lipinski definition) is 3. The van der Waals surface area contributed by atoms with Crippen LogP contribution in [0.5, 0.6) is 0 Å². The molecule has 1 amide bonds. The monoisotopic (exact) mass is 645 g/mol. The quantitative estimate of drug-likeness (QED) is 0.160. The fourth-order valence-electron chi connectivity index (χ4n) is 5.53. The first-order valence-corrected chi connectivity index (χ1v) is 14.0. The van der Waals surface area contributed by atoms with Crippen molar-refractivity contribution in [2.75, 3.05) is 0 Å². The number of rotatable bonds is 6. The number of benzene rings is 4. The van der Waals surface area contributed by atoms with Gasteiger partial charge in [0.25, 0.3) is 0 Å². The third kappa shape index (κ3) is 5.58. The van der Waals surface area contributed by atoms with E-state index in [0.717, 1.165) is 0 Å². The molecule has 3 heterocycles. The molecule has 7 aromatic rings. The number of alkyl halides is 6. The summed E-state index contributed by atoms with van der Waals surface area (Å²) in [7, 11) is 0. The maximum atomic E-state index is 14.0. The summed E-state index contributed by atoms with van der Waals surface area (Å²) in [4.78, 5) is 31.0. The van der Waals surface area contributed by atoms with Gasteiger partial charge in [0.2, 0.25) is 5.91 Å². The lowest BCUT2D eigenvalue weighted by molar-refractivity contribution is -0.143. The van der Waals surface area contributed by atoms with E-state index >= 15 is 0 Å². The van der Waals surface area contributed by atoms with Crippen molar-refractivity contribution < 1.29 is 31.1 Å².